The normalized spacial score (nSPS) is 14.1. The molecule has 0 aliphatic heterocycles. The van der Waals surface area contributed by atoms with Crippen LogP contribution < -0.4 is 0 Å². The van der Waals surface area contributed by atoms with E-state index in [-0.39, 0.29) is 25.7 Å². The molecule has 0 amide bonds. The largest absolute Gasteiger partial charge is 0.472 e. The van der Waals surface area contributed by atoms with Crippen molar-refractivity contribution in [2.24, 2.45) is 11.8 Å². The summed E-state index contributed by atoms with van der Waals surface area (Å²) in [6.07, 6.45) is 67.8. The van der Waals surface area contributed by atoms with E-state index >= 15 is 0 Å². The second-order valence-corrected chi connectivity index (χ2v) is 34.2. The minimum atomic E-state index is -4.97. The minimum Gasteiger partial charge on any atom is -0.462 e. The van der Waals surface area contributed by atoms with Crippen molar-refractivity contribution >= 4 is 39.5 Å². The van der Waals surface area contributed by atoms with E-state index in [2.05, 4.69) is 41.5 Å². The minimum absolute atomic E-state index is 0.109. The van der Waals surface area contributed by atoms with Gasteiger partial charge in [-0.3, -0.25) is 37.3 Å². The summed E-state index contributed by atoms with van der Waals surface area (Å²) in [5.41, 5.74) is 0. The Bertz CT molecular complexity index is 2000. The Kier molecular flexibility index (Phi) is 75.0. The van der Waals surface area contributed by atoms with Crippen molar-refractivity contribution in [1.82, 2.24) is 0 Å². The maximum Gasteiger partial charge on any atom is 0.472 e. The summed E-state index contributed by atoms with van der Waals surface area (Å²) >= 11 is 0. The van der Waals surface area contributed by atoms with E-state index in [0.29, 0.717) is 25.7 Å². The van der Waals surface area contributed by atoms with Gasteiger partial charge in [0.1, 0.15) is 19.3 Å². The molecule has 0 aliphatic rings. The van der Waals surface area contributed by atoms with Crippen molar-refractivity contribution < 1.29 is 80.2 Å². The van der Waals surface area contributed by atoms with E-state index in [4.69, 9.17) is 37.0 Å². The Morgan fingerprint density at radius 1 is 0.279 bits per heavy atom. The van der Waals surface area contributed by atoms with Crippen LogP contribution in [0, 0.1) is 11.8 Å². The third-order valence-electron chi connectivity index (χ3n) is 20.3. The van der Waals surface area contributed by atoms with Crippen LogP contribution in [-0.4, -0.2) is 96.7 Å². The Labute approximate surface area is 638 Å². The molecule has 104 heavy (non-hydrogen) atoms. The molecule has 3 unspecified atom stereocenters. The molecule has 19 heteroatoms. The van der Waals surface area contributed by atoms with E-state index in [1.165, 1.54) is 270 Å². The van der Waals surface area contributed by atoms with Crippen LogP contribution in [0.25, 0.3) is 0 Å². The second-order valence-electron chi connectivity index (χ2n) is 31.3. The molecule has 6 atom stereocenters. The van der Waals surface area contributed by atoms with E-state index in [1.54, 1.807) is 0 Å². The quantitative estimate of drug-likeness (QED) is 0.0222. The van der Waals surface area contributed by atoms with Crippen LogP contribution in [0.2, 0.25) is 0 Å². The third kappa shape index (κ3) is 76.8. The molecule has 0 radical (unpaired) electrons. The molecule has 0 aliphatic carbocycles. The fourth-order valence-corrected chi connectivity index (χ4v) is 14.8. The number of aliphatic hydroxyl groups is 1. The third-order valence-corrected chi connectivity index (χ3v) is 22.2. The van der Waals surface area contributed by atoms with Crippen molar-refractivity contribution in [2.45, 2.75) is 471 Å². The van der Waals surface area contributed by atoms with Gasteiger partial charge in [-0.25, -0.2) is 9.13 Å². The molecular formula is C85H166O17P2. The molecule has 17 nitrogen and oxygen atoms in total. The molecule has 618 valence electrons. The monoisotopic (exact) mass is 1520 g/mol. The average Bonchev–Trinajstić information content (AvgIpc) is 0.903. The highest BCUT2D eigenvalue weighted by molar-refractivity contribution is 7.47. The number of hydrogen-bond donors (Lipinski definition) is 3. The fourth-order valence-electron chi connectivity index (χ4n) is 13.2. The number of carbonyl (C=O) groups is 4. The number of ether oxygens (including phenoxy) is 4. The van der Waals surface area contributed by atoms with Crippen molar-refractivity contribution in [1.29, 1.82) is 0 Å². The first-order chi connectivity index (χ1) is 50.4. The topological polar surface area (TPSA) is 237 Å². The van der Waals surface area contributed by atoms with E-state index < -0.39 is 97.5 Å². The summed E-state index contributed by atoms with van der Waals surface area (Å²) in [7, 11) is -9.93. The van der Waals surface area contributed by atoms with Gasteiger partial charge in [0.2, 0.25) is 0 Å². The van der Waals surface area contributed by atoms with Crippen molar-refractivity contribution in [3.63, 3.8) is 0 Å². The lowest BCUT2D eigenvalue weighted by Crippen LogP contribution is -2.30. The zero-order chi connectivity index (χ0) is 76.4. The standard InChI is InChI=1S/C85H166O17P2/c1-7-10-12-14-16-18-20-22-25-33-39-45-51-57-63-69-84(89)101-80(73-95-82(87)67-61-55-49-43-37-21-19-17-15-13-11-8-2)75-99-103(91,92)97-71-79(86)72-98-104(93,94)100-76-81(74-96-83(88)68-62-56-50-44-38-32-29-28-31-36-42-48-54-60-66-78(6)9-3)102-85(90)70-64-58-52-46-40-34-27-24-23-26-30-35-41-47-53-59-65-77(4)5/h77-81,86H,7-76H2,1-6H3,(H,91,92)(H,93,94)/t78?,79-,80+,81+/m0/s1. The molecule has 0 saturated heterocycles. The fraction of sp³-hybridized carbons (Fsp3) is 0.953. The van der Waals surface area contributed by atoms with Crippen molar-refractivity contribution in [3.05, 3.63) is 0 Å². The van der Waals surface area contributed by atoms with Gasteiger partial charge in [0.25, 0.3) is 0 Å². The Hall–Kier alpha value is -1.94. The van der Waals surface area contributed by atoms with Crippen molar-refractivity contribution in [2.75, 3.05) is 39.6 Å². The summed E-state index contributed by atoms with van der Waals surface area (Å²) in [4.78, 5) is 73.2. The van der Waals surface area contributed by atoms with E-state index in [0.717, 1.165) is 102 Å². The van der Waals surface area contributed by atoms with Crippen LogP contribution in [-0.2, 0) is 65.4 Å². The summed E-state index contributed by atoms with van der Waals surface area (Å²) < 4.78 is 68.9. The molecule has 0 aromatic rings. The summed E-state index contributed by atoms with van der Waals surface area (Å²) in [5.74, 6) is -0.441. The Morgan fingerprint density at radius 2 is 0.490 bits per heavy atom. The molecule has 0 aromatic heterocycles. The number of carbonyl (C=O) groups excluding carboxylic acids is 4. The maximum atomic E-state index is 13.1. The van der Waals surface area contributed by atoms with Gasteiger partial charge in [-0.05, 0) is 37.5 Å². The van der Waals surface area contributed by atoms with Crippen molar-refractivity contribution in [3.8, 4) is 0 Å². The molecule has 0 bridgehead atoms. The highest BCUT2D eigenvalue weighted by Gasteiger charge is 2.30. The number of rotatable bonds is 84. The van der Waals surface area contributed by atoms with Gasteiger partial charge >= 0.3 is 39.5 Å². The molecular weight excluding hydrogens is 1350 g/mol. The molecule has 0 heterocycles. The highest BCUT2D eigenvalue weighted by Crippen LogP contribution is 2.45. The van der Waals surface area contributed by atoms with Crippen LogP contribution in [0.4, 0.5) is 0 Å². The smallest absolute Gasteiger partial charge is 0.462 e. The summed E-state index contributed by atoms with van der Waals surface area (Å²) in [5, 5.41) is 10.7. The van der Waals surface area contributed by atoms with Crippen LogP contribution in [0.5, 0.6) is 0 Å². The molecule has 0 fully saturated rings. The van der Waals surface area contributed by atoms with E-state index in [9.17, 15) is 43.2 Å². The number of unbranched alkanes of at least 4 members (excludes halogenated alkanes) is 53. The van der Waals surface area contributed by atoms with Crippen LogP contribution in [0.3, 0.4) is 0 Å². The second kappa shape index (κ2) is 76.4. The maximum absolute atomic E-state index is 13.1. The number of aliphatic hydroxyl groups excluding tert-OH is 1. The lowest BCUT2D eigenvalue weighted by molar-refractivity contribution is -0.161. The predicted octanol–water partition coefficient (Wildman–Crippen LogP) is 25.8. The molecule has 3 N–H and O–H groups in total. The van der Waals surface area contributed by atoms with Crippen LogP contribution in [0.15, 0.2) is 0 Å². The first kappa shape index (κ1) is 102. The molecule has 0 rings (SSSR count). The zero-order valence-electron chi connectivity index (χ0n) is 68.3. The van der Waals surface area contributed by atoms with Gasteiger partial charge in [0, 0.05) is 25.7 Å². The van der Waals surface area contributed by atoms with Gasteiger partial charge in [-0.1, -0.05) is 401 Å². The summed E-state index contributed by atoms with van der Waals surface area (Å²) in [6.45, 7) is 9.76. The summed E-state index contributed by atoms with van der Waals surface area (Å²) in [6, 6.07) is 0. The number of phosphoric acid groups is 2. The van der Waals surface area contributed by atoms with Crippen LogP contribution >= 0.6 is 15.6 Å². The molecule has 0 saturated carbocycles. The van der Waals surface area contributed by atoms with Gasteiger partial charge in [0.05, 0.1) is 26.4 Å². The zero-order valence-corrected chi connectivity index (χ0v) is 70.1. The lowest BCUT2D eigenvalue weighted by atomic mass is 9.99. The molecule has 0 aromatic carbocycles. The lowest BCUT2D eigenvalue weighted by Gasteiger charge is -2.21. The van der Waals surface area contributed by atoms with Gasteiger partial charge < -0.3 is 33.8 Å². The van der Waals surface area contributed by atoms with Crippen LogP contribution in [0.1, 0.15) is 452 Å². The number of phosphoric ester groups is 2. The van der Waals surface area contributed by atoms with Gasteiger partial charge in [-0.15, -0.1) is 0 Å². The predicted molar refractivity (Wildman–Crippen MR) is 428 cm³/mol. The highest BCUT2D eigenvalue weighted by atomic mass is 31.2. The number of hydrogen-bond acceptors (Lipinski definition) is 15. The SMILES string of the molecule is CCCCCCCCCCCCCCCCCC(=O)O[C@H](COC(=O)CCCCCCCCCCCCCC)COP(=O)(O)OC[C@H](O)COP(=O)(O)OC[C@@H](COC(=O)CCCCCCCCCCCCCCCCC(C)CC)OC(=O)CCCCCCCCCCCCCCCCCCC(C)C. The first-order valence-corrected chi connectivity index (χ1v) is 47.0. The van der Waals surface area contributed by atoms with Gasteiger partial charge in [-0.2, -0.15) is 0 Å². The molecule has 0 spiro atoms. The van der Waals surface area contributed by atoms with Gasteiger partial charge in [0.15, 0.2) is 12.2 Å². The van der Waals surface area contributed by atoms with E-state index in [1.807, 2.05) is 0 Å². The average molecular weight is 1520 g/mol. The number of esters is 4. The Morgan fingerprint density at radius 3 is 0.731 bits per heavy atom. The first-order valence-electron chi connectivity index (χ1n) is 44.0. The Balaban J connectivity index is 5.26.